The van der Waals surface area contributed by atoms with E-state index >= 15 is 0 Å². The summed E-state index contributed by atoms with van der Waals surface area (Å²) < 4.78 is 0. The second kappa shape index (κ2) is 7.20. The van der Waals surface area contributed by atoms with E-state index in [1.165, 1.54) is 10.9 Å². The van der Waals surface area contributed by atoms with E-state index in [1.54, 1.807) is 28.4 Å². The minimum absolute atomic E-state index is 0.113. The predicted molar refractivity (Wildman–Crippen MR) is 106 cm³/mol. The smallest absolute Gasteiger partial charge is 0.293 e. The monoisotopic (exact) mass is 379 g/mol. The number of benzene rings is 2. The fourth-order valence-corrected chi connectivity index (χ4v) is 4.09. The molecule has 0 atom stereocenters. The first-order valence-electron chi connectivity index (χ1n) is 8.57. The number of nitrogens with one attached hydrogen (secondary N) is 1. The molecular formula is C20H17N3O3S. The van der Waals surface area contributed by atoms with Crippen molar-refractivity contribution in [1.82, 2.24) is 4.90 Å². The summed E-state index contributed by atoms with van der Waals surface area (Å²) in [7, 11) is 0. The molecule has 2 aromatic carbocycles. The molecule has 0 saturated heterocycles. The highest BCUT2D eigenvalue weighted by Gasteiger charge is 2.25. The standard InChI is InChI=1S/C20H17N3O3S/c24-20(22-10-8-19-15(13-22)9-11-27-19)14-6-7-17(18(12-14)23(25)26)21-16-4-2-1-3-5-16/h1-7,9,11-12,21H,8,10,13H2. The third kappa shape index (κ3) is 3.54. The lowest BCUT2D eigenvalue weighted by molar-refractivity contribution is -0.383. The van der Waals surface area contributed by atoms with Crippen molar-refractivity contribution in [3.05, 3.63) is 86.1 Å². The van der Waals surface area contributed by atoms with Crippen molar-refractivity contribution in [2.45, 2.75) is 13.0 Å². The van der Waals surface area contributed by atoms with Gasteiger partial charge in [0.1, 0.15) is 5.69 Å². The summed E-state index contributed by atoms with van der Waals surface area (Å²) in [5, 5.41) is 16.6. The molecular weight excluding hydrogens is 362 g/mol. The number of carbonyl (C=O) groups is 1. The number of fused-ring (bicyclic) bond motifs is 1. The Kier molecular flexibility index (Phi) is 4.60. The Morgan fingerprint density at radius 3 is 2.74 bits per heavy atom. The SMILES string of the molecule is O=C(c1ccc(Nc2ccccc2)c([N+](=O)[O-])c1)N1CCc2sccc2C1. The molecule has 0 unspecified atom stereocenters. The van der Waals surface area contributed by atoms with Crippen LogP contribution in [0, 0.1) is 10.1 Å². The van der Waals surface area contributed by atoms with Crippen LogP contribution in [0.25, 0.3) is 0 Å². The minimum atomic E-state index is -0.463. The van der Waals surface area contributed by atoms with Crippen molar-refractivity contribution in [3.63, 3.8) is 0 Å². The number of anilines is 2. The molecule has 6 nitrogen and oxygen atoms in total. The molecule has 0 bridgehead atoms. The van der Waals surface area contributed by atoms with Crippen molar-refractivity contribution in [3.8, 4) is 0 Å². The van der Waals surface area contributed by atoms with Crippen LogP contribution in [0.5, 0.6) is 0 Å². The maximum absolute atomic E-state index is 12.9. The van der Waals surface area contributed by atoms with Gasteiger partial charge in [-0.25, -0.2) is 0 Å². The second-order valence-corrected chi connectivity index (χ2v) is 7.33. The summed E-state index contributed by atoms with van der Waals surface area (Å²) in [5.41, 5.74) is 2.50. The lowest BCUT2D eigenvalue weighted by atomic mass is 10.1. The van der Waals surface area contributed by atoms with Gasteiger partial charge in [-0.3, -0.25) is 14.9 Å². The molecule has 0 radical (unpaired) electrons. The molecule has 3 aromatic rings. The fourth-order valence-electron chi connectivity index (χ4n) is 3.20. The van der Waals surface area contributed by atoms with Crippen LogP contribution in [0.15, 0.2) is 60.0 Å². The number of nitro benzene ring substituents is 1. The summed E-state index contributed by atoms with van der Waals surface area (Å²) in [6.45, 7) is 1.18. The van der Waals surface area contributed by atoms with Gasteiger partial charge in [0.2, 0.25) is 0 Å². The molecule has 1 aliphatic heterocycles. The van der Waals surface area contributed by atoms with Crippen molar-refractivity contribution >= 4 is 34.3 Å². The molecule has 1 aliphatic rings. The molecule has 0 fully saturated rings. The van der Waals surface area contributed by atoms with Gasteiger partial charge < -0.3 is 10.2 Å². The van der Waals surface area contributed by atoms with E-state index in [1.807, 2.05) is 41.8 Å². The number of carbonyl (C=O) groups excluding carboxylic acids is 1. The summed E-state index contributed by atoms with van der Waals surface area (Å²) in [6.07, 6.45) is 0.828. The zero-order valence-corrected chi connectivity index (χ0v) is 15.2. The lowest BCUT2D eigenvalue weighted by Gasteiger charge is -2.27. The third-order valence-corrected chi connectivity index (χ3v) is 5.61. The van der Waals surface area contributed by atoms with E-state index in [9.17, 15) is 14.9 Å². The van der Waals surface area contributed by atoms with Gasteiger partial charge in [0, 0.05) is 35.3 Å². The first kappa shape index (κ1) is 17.2. The van der Waals surface area contributed by atoms with Gasteiger partial charge in [0.15, 0.2) is 0 Å². The first-order valence-corrected chi connectivity index (χ1v) is 9.45. The van der Waals surface area contributed by atoms with Gasteiger partial charge in [-0.2, -0.15) is 0 Å². The largest absolute Gasteiger partial charge is 0.350 e. The Bertz CT molecular complexity index is 1000. The topological polar surface area (TPSA) is 75.5 Å². The number of amides is 1. The number of nitrogens with zero attached hydrogens (tertiary/aromatic N) is 2. The fraction of sp³-hybridized carbons (Fsp3) is 0.150. The number of para-hydroxylation sites is 1. The quantitative estimate of drug-likeness (QED) is 0.531. The van der Waals surface area contributed by atoms with Crippen LogP contribution < -0.4 is 5.32 Å². The highest BCUT2D eigenvalue weighted by atomic mass is 32.1. The van der Waals surface area contributed by atoms with Gasteiger partial charge in [-0.1, -0.05) is 18.2 Å². The van der Waals surface area contributed by atoms with E-state index < -0.39 is 4.92 Å². The Hall–Kier alpha value is -3.19. The maximum Gasteiger partial charge on any atom is 0.293 e. The van der Waals surface area contributed by atoms with Gasteiger partial charge in [0.25, 0.3) is 11.6 Å². The van der Waals surface area contributed by atoms with Crippen LogP contribution in [-0.2, 0) is 13.0 Å². The molecule has 1 N–H and O–H groups in total. The number of hydrogen-bond acceptors (Lipinski definition) is 5. The highest BCUT2D eigenvalue weighted by Crippen LogP contribution is 2.30. The molecule has 4 rings (SSSR count). The Labute approximate surface area is 160 Å². The number of rotatable bonds is 4. The van der Waals surface area contributed by atoms with E-state index in [0.29, 0.717) is 24.3 Å². The molecule has 1 aromatic heterocycles. The van der Waals surface area contributed by atoms with Crippen molar-refractivity contribution < 1.29 is 9.72 Å². The number of thiophene rings is 1. The minimum Gasteiger partial charge on any atom is -0.350 e. The Balaban J connectivity index is 1.59. The van der Waals surface area contributed by atoms with Crippen LogP contribution in [0.1, 0.15) is 20.8 Å². The predicted octanol–water partition coefficient (Wildman–Crippen LogP) is 4.60. The van der Waals surface area contributed by atoms with Crippen molar-refractivity contribution in [2.24, 2.45) is 0 Å². The summed E-state index contributed by atoms with van der Waals surface area (Å²) >= 11 is 1.71. The lowest BCUT2D eigenvalue weighted by Crippen LogP contribution is -2.35. The van der Waals surface area contributed by atoms with E-state index in [2.05, 4.69) is 5.32 Å². The van der Waals surface area contributed by atoms with Gasteiger partial charge in [-0.15, -0.1) is 11.3 Å². The van der Waals surface area contributed by atoms with Gasteiger partial charge in [-0.05, 0) is 47.7 Å². The Morgan fingerprint density at radius 1 is 1.15 bits per heavy atom. The van der Waals surface area contributed by atoms with Crippen LogP contribution in [-0.4, -0.2) is 22.3 Å². The normalized spacial score (nSPS) is 13.1. The molecule has 1 amide bonds. The molecule has 0 spiro atoms. The summed E-state index contributed by atoms with van der Waals surface area (Å²) in [4.78, 5) is 27.0. The van der Waals surface area contributed by atoms with Crippen molar-refractivity contribution in [2.75, 3.05) is 11.9 Å². The van der Waals surface area contributed by atoms with Gasteiger partial charge in [0.05, 0.1) is 4.92 Å². The zero-order valence-electron chi connectivity index (χ0n) is 14.4. The molecule has 2 heterocycles. The second-order valence-electron chi connectivity index (χ2n) is 6.33. The number of hydrogen-bond donors (Lipinski definition) is 1. The molecule has 136 valence electrons. The molecule has 0 aliphatic carbocycles. The van der Waals surface area contributed by atoms with E-state index in [-0.39, 0.29) is 11.6 Å². The molecule has 0 saturated carbocycles. The van der Waals surface area contributed by atoms with Crippen LogP contribution in [0.2, 0.25) is 0 Å². The summed E-state index contributed by atoms with van der Waals surface area (Å²) in [6, 6.07) is 15.9. The van der Waals surface area contributed by atoms with Crippen LogP contribution >= 0.6 is 11.3 Å². The average molecular weight is 379 g/mol. The highest BCUT2D eigenvalue weighted by molar-refractivity contribution is 7.10. The van der Waals surface area contributed by atoms with Crippen molar-refractivity contribution in [1.29, 1.82) is 0 Å². The first-order chi connectivity index (χ1) is 13.1. The van der Waals surface area contributed by atoms with E-state index in [4.69, 9.17) is 0 Å². The van der Waals surface area contributed by atoms with Crippen LogP contribution in [0.3, 0.4) is 0 Å². The molecule has 27 heavy (non-hydrogen) atoms. The van der Waals surface area contributed by atoms with Crippen LogP contribution in [0.4, 0.5) is 17.1 Å². The third-order valence-electron chi connectivity index (χ3n) is 4.59. The van der Waals surface area contributed by atoms with Gasteiger partial charge >= 0.3 is 0 Å². The average Bonchev–Trinajstić information content (AvgIpc) is 3.16. The maximum atomic E-state index is 12.9. The zero-order chi connectivity index (χ0) is 18.8. The van der Waals surface area contributed by atoms with E-state index in [0.717, 1.165) is 17.7 Å². The molecule has 7 heteroatoms. The number of nitro groups is 1. The Morgan fingerprint density at radius 2 is 1.96 bits per heavy atom. The summed E-state index contributed by atoms with van der Waals surface area (Å²) in [5.74, 6) is -0.179.